The Balaban J connectivity index is 1.97. The highest BCUT2D eigenvalue weighted by molar-refractivity contribution is 5.72. The van der Waals surface area contributed by atoms with Gasteiger partial charge in [0.05, 0.1) is 17.3 Å². The maximum Gasteiger partial charge on any atom is 0.263 e. The minimum absolute atomic E-state index is 0.0206. The smallest absolute Gasteiger partial charge is 0.263 e. The summed E-state index contributed by atoms with van der Waals surface area (Å²) in [5, 5.41) is 12.5. The summed E-state index contributed by atoms with van der Waals surface area (Å²) >= 11 is 0. The first-order valence-electron chi connectivity index (χ1n) is 9.69. The van der Waals surface area contributed by atoms with Gasteiger partial charge in [0.2, 0.25) is 0 Å². The summed E-state index contributed by atoms with van der Waals surface area (Å²) in [6.07, 6.45) is 1.22. The van der Waals surface area contributed by atoms with Crippen molar-refractivity contribution in [1.29, 1.82) is 5.26 Å². The summed E-state index contributed by atoms with van der Waals surface area (Å²) in [5.41, 5.74) is 7.04. The number of anilines is 2. The molecular weight excluding hydrogens is 414 g/mol. The van der Waals surface area contributed by atoms with Crippen molar-refractivity contribution < 1.29 is 8.78 Å². The summed E-state index contributed by atoms with van der Waals surface area (Å²) < 4.78 is 29.5. The molecule has 3 aromatic heterocycles. The van der Waals surface area contributed by atoms with E-state index in [2.05, 4.69) is 15.3 Å². The van der Waals surface area contributed by atoms with Crippen LogP contribution in [0.1, 0.15) is 29.8 Å². The second-order valence-electron chi connectivity index (χ2n) is 7.28. The predicted molar refractivity (Wildman–Crippen MR) is 117 cm³/mol. The SMILES string of the molecule is Cc1c(F)ccc2cc([C@@H](C)Nc3ncnc(N)c3C#N)c(-c3cccc(F)c3)c(=O)n12. The second kappa shape index (κ2) is 8.07. The van der Waals surface area contributed by atoms with E-state index in [1.807, 2.05) is 6.07 Å². The molecule has 32 heavy (non-hydrogen) atoms. The highest BCUT2D eigenvalue weighted by Gasteiger charge is 2.21. The fourth-order valence-corrected chi connectivity index (χ4v) is 3.68. The quantitative estimate of drug-likeness (QED) is 0.505. The standard InChI is InChI=1S/C23H18F2N6O/c1-12(30-22-18(10-26)21(27)28-11-29-22)17-9-16-6-7-19(25)13(2)31(16)23(32)20(17)14-4-3-5-15(24)8-14/h3-9,11-12H,1-2H3,(H3,27,28,29,30)/t12-/m1/s1. The van der Waals surface area contributed by atoms with Crippen LogP contribution in [0.5, 0.6) is 0 Å². The molecule has 1 aromatic carbocycles. The Labute approximate surface area is 181 Å². The molecule has 0 saturated carbocycles. The summed E-state index contributed by atoms with van der Waals surface area (Å²) in [7, 11) is 0. The van der Waals surface area contributed by atoms with E-state index in [0.29, 0.717) is 16.6 Å². The summed E-state index contributed by atoms with van der Waals surface area (Å²) in [5.74, 6) is -0.816. The number of halogens is 2. The van der Waals surface area contributed by atoms with Crippen LogP contribution in [0, 0.1) is 29.9 Å². The van der Waals surface area contributed by atoms with Crippen molar-refractivity contribution in [3.8, 4) is 17.2 Å². The number of nitrogen functional groups attached to an aromatic ring is 1. The van der Waals surface area contributed by atoms with Crippen molar-refractivity contribution in [2.75, 3.05) is 11.1 Å². The monoisotopic (exact) mass is 432 g/mol. The Morgan fingerprint density at radius 1 is 1.19 bits per heavy atom. The number of nitrogens with two attached hydrogens (primary N) is 1. The molecule has 4 aromatic rings. The van der Waals surface area contributed by atoms with E-state index in [0.717, 1.165) is 0 Å². The van der Waals surface area contributed by atoms with Crippen molar-refractivity contribution in [3.05, 3.63) is 87.6 Å². The maximum atomic E-state index is 14.2. The zero-order valence-corrected chi connectivity index (χ0v) is 17.2. The van der Waals surface area contributed by atoms with Crippen LogP contribution >= 0.6 is 0 Å². The van der Waals surface area contributed by atoms with Crippen LogP contribution in [0.2, 0.25) is 0 Å². The molecule has 0 bridgehead atoms. The van der Waals surface area contributed by atoms with Gasteiger partial charge in [-0.05, 0) is 55.3 Å². The molecule has 0 radical (unpaired) electrons. The van der Waals surface area contributed by atoms with Gasteiger partial charge in [-0.1, -0.05) is 12.1 Å². The molecule has 0 saturated heterocycles. The first-order valence-corrected chi connectivity index (χ1v) is 9.69. The number of pyridine rings is 2. The average molecular weight is 432 g/mol. The van der Waals surface area contributed by atoms with E-state index < -0.39 is 23.2 Å². The molecule has 1 atom stereocenters. The number of benzene rings is 1. The molecule has 0 unspecified atom stereocenters. The Hall–Kier alpha value is -4.32. The predicted octanol–water partition coefficient (Wildman–Crippen LogP) is 3.97. The lowest BCUT2D eigenvalue weighted by Gasteiger charge is -2.21. The van der Waals surface area contributed by atoms with Gasteiger partial charge in [-0.15, -0.1) is 0 Å². The van der Waals surface area contributed by atoms with Gasteiger partial charge in [-0.2, -0.15) is 5.26 Å². The van der Waals surface area contributed by atoms with Crippen molar-refractivity contribution in [2.45, 2.75) is 19.9 Å². The largest absolute Gasteiger partial charge is 0.382 e. The first-order chi connectivity index (χ1) is 15.3. The normalized spacial score (nSPS) is 11.8. The lowest BCUT2D eigenvalue weighted by molar-refractivity contribution is 0.605. The zero-order chi connectivity index (χ0) is 23.0. The molecular formula is C23H18F2N6O. The van der Waals surface area contributed by atoms with Gasteiger partial charge in [-0.25, -0.2) is 18.7 Å². The van der Waals surface area contributed by atoms with E-state index in [-0.39, 0.29) is 28.5 Å². The van der Waals surface area contributed by atoms with Gasteiger partial charge in [0.1, 0.15) is 41.2 Å². The zero-order valence-electron chi connectivity index (χ0n) is 17.2. The number of nitriles is 1. The number of rotatable bonds is 4. The molecule has 0 aliphatic carbocycles. The Kier molecular flexibility index (Phi) is 5.28. The van der Waals surface area contributed by atoms with Gasteiger partial charge < -0.3 is 11.1 Å². The second-order valence-corrected chi connectivity index (χ2v) is 7.28. The molecule has 9 heteroatoms. The number of hydrogen-bond donors (Lipinski definition) is 2. The van der Waals surface area contributed by atoms with Crippen molar-refractivity contribution in [2.24, 2.45) is 0 Å². The number of nitrogens with one attached hydrogen (secondary N) is 1. The minimum Gasteiger partial charge on any atom is -0.382 e. The molecule has 7 nitrogen and oxygen atoms in total. The van der Waals surface area contributed by atoms with E-state index in [4.69, 9.17) is 5.73 Å². The molecule has 3 N–H and O–H groups in total. The first kappa shape index (κ1) is 20.9. The average Bonchev–Trinajstić information content (AvgIpc) is 2.76. The van der Waals surface area contributed by atoms with Gasteiger partial charge >= 0.3 is 0 Å². The van der Waals surface area contributed by atoms with E-state index in [1.54, 1.807) is 19.1 Å². The van der Waals surface area contributed by atoms with E-state index in [9.17, 15) is 18.8 Å². The van der Waals surface area contributed by atoms with Crippen LogP contribution in [0.25, 0.3) is 16.6 Å². The van der Waals surface area contributed by atoms with Crippen molar-refractivity contribution in [1.82, 2.24) is 14.4 Å². The van der Waals surface area contributed by atoms with Gasteiger partial charge in [-0.3, -0.25) is 9.20 Å². The third kappa shape index (κ3) is 3.52. The summed E-state index contributed by atoms with van der Waals surface area (Å²) in [6.45, 7) is 3.27. The lowest BCUT2D eigenvalue weighted by atomic mass is 9.96. The molecule has 0 aliphatic rings. The van der Waals surface area contributed by atoms with Gasteiger partial charge in [0, 0.05) is 5.52 Å². The van der Waals surface area contributed by atoms with Gasteiger partial charge in [0.25, 0.3) is 5.56 Å². The Bertz CT molecular complexity index is 1460. The number of aromatic nitrogens is 3. The third-order valence-electron chi connectivity index (χ3n) is 5.27. The molecule has 0 fully saturated rings. The van der Waals surface area contributed by atoms with Crippen LogP contribution in [0.15, 0.2) is 53.6 Å². The molecule has 3 heterocycles. The number of aryl methyl sites for hydroxylation is 1. The van der Waals surface area contributed by atoms with Crippen molar-refractivity contribution in [3.63, 3.8) is 0 Å². The topological polar surface area (TPSA) is 109 Å². The third-order valence-corrected chi connectivity index (χ3v) is 5.27. The highest BCUT2D eigenvalue weighted by atomic mass is 19.1. The number of fused-ring (bicyclic) bond motifs is 1. The fourth-order valence-electron chi connectivity index (χ4n) is 3.68. The Morgan fingerprint density at radius 2 is 1.97 bits per heavy atom. The van der Waals surface area contributed by atoms with E-state index in [1.165, 1.54) is 48.0 Å². The van der Waals surface area contributed by atoms with E-state index >= 15 is 0 Å². The highest BCUT2D eigenvalue weighted by Crippen LogP contribution is 2.30. The number of nitrogens with zero attached hydrogens (tertiary/aromatic N) is 4. The van der Waals surface area contributed by atoms with Crippen LogP contribution in [0.3, 0.4) is 0 Å². The maximum absolute atomic E-state index is 14.2. The fraction of sp³-hybridized carbons (Fsp3) is 0.130. The Morgan fingerprint density at radius 3 is 2.69 bits per heavy atom. The lowest BCUT2D eigenvalue weighted by Crippen LogP contribution is -2.23. The molecule has 4 rings (SSSR count). The number of hydrogen-bond acceptors (Lipinski definition) is 6. The van der Waals surface area contributed by atoms with Crippen LogP contribution < -0.4 is 16.6 Å². The minimum atomic E-state index is -0.544. The molecule has 160 valence electrons. The molecule has 0 amide bonds. The summed E-state index contributed by atoms with van der Waals surface area (Å²) in [6, 6.07) is 11.6. The van der Waals surface area contributed by atoms with Crippen molar-refractivity contribution >= 4 is 17.2 Å². The van der Waals surface area contributed by atoms with Gasteiger partial charge in [0.15, 0.2) is 0 Å². The molecule has 0 spiro atoms. The van der Waals surface area contributed by atoms with Crippen LogP contribution in [0.4, 0.5) is 20.4 Å². The summed E-state index contributed by atoms with van der Waals surface area (Å²) in [4.78, 5) is 21.4. The molecule has 0 aliphatic heterocycles. The van der Waals surface area contributed by atoms with Crippen LogP contribution in [-0.4, -0.2) is 14.4 Å². The van der Waals surface area contributed by atoms with Crippen LogP contribution in [-0.2, 0) is 0 Å².